The average molecular weight is 343 g/mol. The number of hydrogen-bond donors (Lipinski definition) is 2. The smallest absolute Gasteiger partial charge is 0.251 e. The molecular weight excluding hydrogens is 314 g/mol. The van der Waals surface area contributed by atoms with E-state index in [1.165, 1.54) is 0 Å². The van der Waals surface area contributed by atoms with Crippen molar-refractivity contribution in [3.8, 4) is 0 Å². The number of rotatable bonds is 7. The van der Waals surface area contributed by atoms with Crippen LogP contribution in [0.2, 0.25) is 0 Å². The standard InChI is InChI=1S/C20H29N3O2/c1-6-23-15(3)18(14(2)22-23)13-21-19(24)17-9-7-8-16(12-17)10-11-20(4,5)25/h7-9,12,25H,6,10-11,13H2,1-5H3,(H,21,24). The summed E-state index contributed by atoms with van der Waals surface area (Å²) in [5.74, 6) is -0.0897. The van der Waals surface area contributed by atoms with Gasteiger partial charge in [0.25, 0.3) is 5.91 Å². The summed E-state index contributed by atoms with van der Waals surface area (Å²) in [6, 6.07) is 7.59. The molecule has 5 heteroatoms. The van der Waals surface area contributed by atoms with E-state index in [-0.39, 0.29) is 5.91 Å². The van der Waals surface area contributed by atoms with E-state index in [4.69, 9.17) is 0 Å². The molecule has 2 N–H and O–H groups in total. The second-order valence-corrected chi connectivity index (χ2v) is 7.16. The highest BCUT2D eigenvalue weighted by Crippen LogP contribution is 2.15. The van der Waals surface area contributed by atoms with E-state index < -0.39 is 5.60 Å². The van der Waals surface area contributed by atoms with Crippen molar-refractivity contribution in [2.45, 2.75) is 66.2 Å². The number of amides is 1. The number of benzene rings is 1. The highest BCUT2D eigenvalue weighted by molar-refractivity contribution is 5.94. The minimum Gasteiger partial charge on any atom is -0.390 e. The molecule has 1 heterocycles. The Bertz CT molecular complexity index is 742. The summed E-state index contributed by atoms with van der Waals surface area (Å²) in [6.45, 7) is 10.9. The maximum Gasteiger partial charge on any atom is 0.251 e. The summed E-state index contributed by atoms with van der Waals surface area (Å²) in [5, 5.41) is 17.3. The third kappa shape index (κ3) is 5.16. The molecule has 0 bridgehead atoms. The van der Waals surface area contributed by atoms with Crippen LogP contribution in [-0.2, 0) is 19.5 Å². The first-order valence-corrected chi connectivity index (χ1v) is 8.83. The second-order valence-electron chi connectivity index (χ2n) is 7.16. The molecule has 0 saturated heterocycles. The zero-order valence-electron chi connectivity index (χ0n) is 15.9. The molecule has 0 radical (unpaired) electrons. The maximum atomic E-state index is 12.5. The molecule has 0 unspecified atom stereocenters. The van der Waals surface area contributed by atoms with E-state index in [9.17, 15) is 9.90 Å². The molecule has 136 valence electrons. The molecule has 1 aromatic heterocycles. The van der Waals surface area contributed by atoms with Crippen LogP contribution in [0.15, 0.2) is 24.3 Å². The van der Waals surface area contributed by atoms with Gasteiger partial charge in [-0.2, -0.15) is 5.10 Å². The van der Waals surface area contributed by atoms with Crippen LogP contribution in [0.25, 0.3) is 0 Å². The topological polar surface area (TPSA) is 67.2 Å². The summed E-state index contributed by atoms with van der Waals surface area (Å²) in [6.07, 6.45) is 1.40. The highest BCUT2D eigenvalue weighted by Gasteiger charge is 2.14. The van der Waals surface area contributed by atoms with Gasteiger partial charge in [-0.15, -0.1) is 0 Å². The Labute approximate surface area is 150 Å². The number of hydrogen-bond acceptors (Lipinski definition) is 3. The van der Waals surface area contributed by atoms with E-state index in [1.54, 1.807) is 13.8 Å². The van der Waals surface area contributed by atoms with Crippen molar-refractivity contribution in [1.82, 2.24) is 15.1 Å². The van der Waals surface area contributed by atoms with E-state index in [0.717, 1.165) is 35.5 Å². The first-order chi connectivity index (χ1) is 11.7. The van der Waals surface area contributed by atoms with E-state index >= 15 is 0 Å². The van der Waals surface area contributed by atoms with Crippen molar-refractivity contribution < 1.29 is 9.90 Å². The van der Waals surface area contributed by atoms with E-state index in [1.807, 2.05) is 42.8 Å². The Morgan fingerprint density at radius 3 is 2.64 bits per heavy atom. The summed E-state index contributed by atoms with van der Waals surface area (Å²) in [5.41, 5.74) is 4.13. The lowest BCUT2D eigenvalue weighted by Crippen LogP contribution is -2.23. The summed E-state index contributed by atoms with van der Waals surface area (Å²) < 4.78 is 1.95. The van der Waals surface area contributed by atoms with Crippen LogP contribution in [0, 0.1) is 13.8 Å². The minimum atomic E-state index is -0.702. The number of nitrogens with zero attached hydrogens (tertiary/aromatic N) is 2. The Balaban J connectivity index is 2.03. The Hall–Kier alpha value is -2.14. The molecular formula is C20H29N3O2. The Kier molecular flexibility index (Phi) is 6.01. The van der Waals surface area contributed by atoms with Gasteiger partial charge in [0.05, 0.1) is 11.3 Å². The van der Waals surface area contributed by atoms with Crippen molar-refractivity contribution in [1.29, 1.82) is 0 Å². The van der Waals surface area contributed by atoms with Gasteiger partial charge in [-0.3, -0.25) is 9.48 Å². The molecule has 1 aromatic carbocycles. The normalized spacial score (nSPS) is 11.6. The Morgan fingerprint density at radius 2 is 2.04 bits per heavy atom. The molecule has 0 aliphatic heterocycles. The quantitative estimate of drug-likeness (QED) is 0.811. The maximum absolute atomic E-state index is 12.5. The number of aromatic nitrogens is 2. The van der Waals surface area contributed by atoms with Crippen molar-refractivity contribution in [3.63, 3.8) is 0 Å². The van der Waals surface area contributed by atoms with Gasteiger partial charge in [0.2, 0.25) is 0 Å². The molecule has 5 nitrogen and oxygen atoms in total. The van der Waals surface area contributed by atoms with Crippen LogP contribution < -0.4 is 5.32 Å². The fourth-order valence-electron chi connectivity index (χ4n) is 2.89. The van der Waals surface area contributed by atoms with Gasteiger partial charge in [0.15, 0.2) is 0 Å². The van der Waals surface area contributed by atoms with Crippen LogP contribution >= 0.6 is 0 Å². The number of carbonyl (C=O) groups is 1. The predicted molar refractivity (Wildman–Crippen MR) is 99.6 cm³/mol. The largest absolute Gasteiger partial charge is 0.390 e. The molecule has 1 amide bonds. The van der Waals surface area contributed by atoms with Gasteiger partial charge < -0.3 is 10.4 Å². The number of aryl methyl sites for hydroxylation is 3. The second kappa shape index (κ2) is 7.83. The van der Waals surface area contributed by atoms with Gasteiger partial charge in [-0.1, -0.05) is 12.1 Å². The SMILES string of the molecule is CCn1nc(C)c(CNC(=O)c2cccc(CCC(C)(C)O)c2)c1C. The summed E-state index contributed by atoms with van der Waals surface area (Å²) >= 11 is 0. The molecule has 0 spiro atoms. The minimum absolute atomic E-state index is 0.0897. The molecule has 2 aromatic rings. The van der Waals surface area contributed by atoms with Gasteiger partial charge >= 0.3 is 0 Å². The van der Waals surface area contributed by atoms with Crippen LogP contribution in [0.5, 0.6) is 0 Å². The lowest BCUT2D eigenvalue weighted by atomic mass is 9.98. The molecule has 0 atom stereocenters. The van der Waals surface area contributed by atoms with Gasteiger partial charge in [0.1, 0.15) is 0 Å². The highest BCUT2D eigenvalue weighted by atomic mass is 16.3. The molecule has 0 aliphatic rings. The molecule has 0 aliphatic carbocycles. The third-order valence-corrected chi connectivity index (χ3v) is 4.47. The van der Waals surface area contributed by atoms with Crippen molar-refractivity contribution in [3.05, 3.63) is 52.3 Å². The predicted octanol–water partition coefficient (Wildman–Crippen LogP) is 3.15. The zero-order valence-corrected chi connectivity index (χ0v) is 15.9. The van der Waals surface area contributed by atoms with Crippen molar-refractivity contribution in [2.75, 3.05) is 0 Å². The van der Waals surface area contributed by atoms with Crippen molar-refractivity contribution in [2.24, 2.45) is 0 Å². The fraction of sp³-hybridized carbons (Fsp3) is 0.500. The zero-order chi connectivity index (χ0) is 18.6. The molecule has 0 fully saturated rings. The van der Waals surface area contributed by atoms with Crippen molar-refractivity contribution >= 4 is 5.91 Å². The lowest BCUT2D eigenvalue weighted by molar-refractivity contribution is 0.0714. The van der Waals surface area contributed by atoms with E-state index in [0.29, 0.717) is 18.5 Å². The number of carbonyl (C=O) groups excluding carboxylic acids is 1. The van der Waals surface area contributed by atoms with Gasteiger partial charge in [0, 0.05) is 29.9 Å². The lowest BCUT2D eigenvalue weighted by Gasteiger charge is -2.16. The van der Waals surface area contributed by atoms with Crippen LogP contribution in [0.1, 0.15) is 60.1 Å². The first-order valence-electron chi connectivity index (χ1n) is 8.83. The van der Waals surface area contributed by atoms with Crippen LogP contribution in [-0.4, -0.2) is 26.4 Å². The third-order valence-electron chi connectivity index (χ3n) is 4.47. The van der Waals surface area contributed by atoms with Crippen LogP contribution in [0.4, 0.5) is 0 Å². The number of nitrogens with one attached hydrogen (secondary N) is 1. The first kappa shape index (κ1) is 19.2. The van der Waals surface area contributed by atoms with Gasteiger partial charge in [-0.05, 0) is 65.2 Å². The average Bonchev–Trinajstić information content (AvgIpc) is 2.84. The summed E-state index contributed by atoms with van der Waals surface area (Å²) in [7, 11) is 0. The monoisotopic (exact) mass is 343 g/mol. The summed E-state index contributed by atoms with van der Waals surface area (Å²) in [4.78, 5) is 12.5. The molecule has 0 saturated carbocycles. The molecule has 25 heavy (non-hydrogen) atoms. The molecule has 2 rings (SSSR count). The van der Waals surface area contributed by atoms with E-state index in [2.05, 4.69) is 17.3 Å². The Morgan fingerprint density at radius 1 is 1.32 bits per heavy atom. The number of aliphatic hydroxyl groups is 1. The fourth-order valence-corrected chi connectivity index (χ4v) is 2.89. The van der Waals surface area contributed by atoms with Crippen LogP contribution in [0.3, 0.4) is 0 Å². The van der Waals surface area contributed by atoms with Gasteiger partial charge in [-0.25, -0.2) is 0 Å².